The maximum Gasteiger partial charge on any atom is 0.292 e. The minimum atomic E-state index is -0.432. The van der Waals surface area contributed by atoms with Gasteiger partial charge in [0.05, 0.1) is 4.92 Å². The van der Waals surface area contributed by atoms with Crippen LogP contribution in [0.3, 0.4) is 0 Å². The summed E-state index contributed by atoms with van der Waals surface area (Å²) in [6.45, 7) is 5.49. The maximum absolute atomic E-state index is 10.8. The fourth-order valence-electron chi connectivity index (χ4n) is 3.49. The van der Waals surface area contributed by atoms with Crippen molar-refractivity contribution in [3.8, 4) is 0 Å². The molecule has 0 bridgehead atoms. The fraction of sp³-hybridized carbons (Fsp3) is 0.600. The van der Waals surface area contributed by atoms with Crippen LogP contribution >= 0.6 is 0 Å². The zero-order valence-corrected chi connectivity index (χ0v) is 12.2. The predicted molar refractivity (Wildman–Crippen MR) is 82.0 cm³/mol. The van der Waals surface area contributed by atoms with Crippen LogP contribution in [0.4, 0.5) is 11.4 Å². The number of nitro groups is 1. The average molecular weight is 290 g/mol. The molecule has 0 radical (unpaired) electrons. The summed E-state index contributed by atoms with van der Waals surface area (Å²) in [5.41, 5.74) is 7.06. The summed E-state index contributed by atoms with van der Waals surface area (Å²) in [5.74, 6) is 0. The second-order valence-electron chi connectivity index (χ2n) is 6.07. The molecule has 2 N–H and O–H groups in total. The number of nitro benzene ring substituents is 1. The van der Waals surface area contributed by atoms with Crippen LogP contribution in [0.5, 0.6) is 0 Å². The Bertz CT molecular complexity index is 528. The van der Waals surface area contributed by atoms with Gasteiger partial charge < -0.3 is 5.73 Å². The number of rotatable bonds is 4. The van der Waals surface area contributed by atoms with E-state index < -0.39 is 4.92 Å². The van der Waals surface area contributed by atoms with Crippen molar-refractivity contribution in [2.45, 2.75) is 31.8 Å². The lowest BCUT2D eigenvalue weighted by atomic mass is 10.1. The van der Waals surface area contributed by atoms with Gasteiger partial charge in [-0.2, -0.15) is 0 Å². The van der Waals surface area contributed by atoms with E-state index in [0.29, 0.717) is 6.04 Å². The first-order valence-electron chi connectivity index (χ1n) is 7.62. The molecule has 1 aromatic rings. The second-order valence-corrected chi connectivity index (χ2v) is 6.07. The van der Waals surface area contributed by atoms with E-state index in [0.717, 1.165) is 25.2 Å². The van der Waals surface area contributed by atoms with Gasteiger partial charge in [0.1, 0.15) is 5.69 Å². The van der Waals surface area contributed by atoms with Gasteiger partial charge in [0.15, 0.2) is 0 Å². The van der Waals surface area contributed by atoms with Crippen LogP contribution in [-0.2, 0) is 6.54 Å². The number of likely N-dealkylation sites (tertiary alicyclic amines) is 2. The third-order valence-electron chi connectivity index (χ3n) is 4.60. The lowest BCUT2D eigenvalue weighted by molar-refractivity contribution is -0.383. The molecule has 2 aliphatic rings. The van der Waals surface area contributed by atoms with E-state index in [1.54, 1.807) is 6.07 Å². The average Bonchev–Trinajstić information content (AvgIpc) is 3.08. The molecule has 1 unspecified atom stereocenters. The zero-order chi connectivity index (χ0) is 14.8. The first-order chi connectivity index (χ1) is 10.1. The van der Waals surface area contributed by atoms with Crippen molar-refractivity contribution >= 4 is 11.4 Å². The van der Waals surface area contributed by atoms with Crippen molar-refractivity contribution in [3.63, 3.8) is 0 Å². The Balaban J connectivity index is 1.60. The largest absolute Gasteiger partial charge is 0.393 e. The highest BCUT2D eigenvalue weighted by Crippen LogP contribution is 2.25. The van der Waals surface area contributed by atoms with Crippen molar-refractivity contribution in [2.75, 3.05) is 31.9 Å². The van der Waals surface area contributed by atoms with Crippen molar-refractivity contribution in [2.24, 2.45) is 0 Å². The summed E-state index contributed by atoms with van der Waals surface area (Å²) < 4.78 is 0. The molecule has 6 heteroatoms. The van der Waals surface area contributed by atoms with Gasteiger partial charge in [0.25, 0.3) is 5.69 Å². The molecule has 0 spiro atoms. The Morgan fingerprint density at radius 1 is 1.29 bits per heavy atom. The van der Waals surface area contributed by atoms with Crippen molar-refractivity contribution in [3.05, 3.63) is 33.9 Å². The zero-order valence-electron chi connectivity index (χ0n) is 12.2. The van der Waals surface area contributed by atoms with E-state index in [9.17, 15) is 10.1 Å². The molecular weight excluding hydrogens is 268 g/mol. The molecule has 21 heavy (non-hydrogen) atoms. The summed E-state index contributed by atoms with van der Waals surface area (Å²) in [7, 11) is 0. The van der Waals surface area contributed by atoms with Crippen LogP contribution in [0.1, 0.15) is 24.8 Å². The molecule has 1 aromatic carbocycles. The summed E-state index contributed by atoms with van der Waals surface area (Å²) in [6.07, 6.45) is 3.88. The number of benzene rings is 1. The highest BCUT2D eigenvalue weighted by Gasteiger charge is 2.29. The summed E-state index contributed by atoms with van der Waals surface area (Å²) in [5, 5.41) is 10.8. The fourth-order valence-corrected chi connectivity index (χ4v) is 3.49. The smallest absolute Gasteiger partial charge is 0.292 e. The highest BCUT2D eigenvalue weighted by molar-refractivity contribution is 5.59. The number of nitrogens with two attached hydrogens (primary N) is 1. The molecule has 0 saturated carbocycles. The molecule has 3 rings (SSSR count). The van der Waals surface area contributed by atoms with E-state index in [2.05, 4.69) is 9.80 Å². The molecule has 0 aliphatic carbocycles. The Morgan fingerprint density at radius 2 is 2.05 bits per heavy atom. The summed E-state index contributed by atoms with van der Waals surface area (Å²) in [4.78, 5) is 15.4. The van der Waals surface area contributed by atoms with Crippen LogP contribution in [0, 0.1) is 10.1 Å². The number of hydrogen-bond donors (Lipinski definition) is 1. The van der Waals surface area contributed by atoms with Crippen molar-refractivity contribution in [1.29, 1.82) is 0 Å². The lowest BCUT2D eigenvalue weighted by Crippen LogP contribution is -2.35. The minimum Gasteiger partial charge on any atom is -0.393 e. The van der Waals surface area contributed by atoms with Crippen LogP contribution < -0.4 is 5.73 Å². The predicted octanol–water partition coefficient (Wildman–Crippen LogP) is 1.85. The number of hydrogen-bond acceptors (Lipinski definition) is 5. The highest BCUT2D eigenvalue weighted by atomic mass is 16.6. The quantitative estimate of drug-likeness (QED) is 0.520. The Morgan fingerprint density at radius 3 is 2.71 bits per heavy atom. The van der Waals surface area contributed by atoms with E-state index in [-0.39, 0.29) is 11.4 Å². The van der Waals surface area contributed by atoms with Gasteiger partial charge in [-0.25, -0.2) is 0 Å². The molecule has 2 heterocycles. The van der Waals surface area contributed by atoms with Gasteiger partial charge in [-0.3, -0.25) is 19.9 Å². The van der Waals surface area contributed by atoms with Gasteiger partial charge in [-0.1, -0.05) is 6.07 Å². The van der Waals surface area contributed by atoms with Crippen LogP contribution in [0.15, 0.2) is 18.2 Å². The molecule has 0 amide bonds. The molecule has 2 saturated heterocycles. The molecule has 2 fully saturated rings. The molecule has 1 atom stereocenters. The number of anilines is 1. The molecular formula is C15H22N4O2. The Labute approximate surface area is 124 Å². The number of nitrogen functional groups attached to an aromatic ring is 1. The molecule has 6 nitrogen and oxygen atoms in total. The lowest BCUT2D eigenvalue weighted by Gasteiger charge is -2.23. The SMILES string of the molecule is Nc1cc(CN2CCC(N3CCCC3)C2)ccc1[N+](=O)[O-]. The first-order valence-corrected chi connectivity index (χ1v) is 7.62. The van der Waals surface area contributed by atoms with E-state index >= 15 is 0 Å². The first kappa shape index (κ1) is 14.3. The minimum absolute atomic E-state index is 0.00452. The Hall–Kier alpha value is -1.66. The van der Waals surface area contributed by atoms with E-state index in [1.807, 2.05) is 6.07 Å². The standard InChI is InChI=1S/C15H22N4O2/c16-14-9-12(3-4-15(14)19(20)21)10-17-8-5-13(11-17)18-6-1-2-7-18/h3-4,9,13H,1-2,5-8,10-11,16H2. The van der Waals surface area contributed by atoms with Crippen LogP contribution in [0.2, 0.25) is 0 Å². The molecule has 114 valence electrons. The number of nitrogens with zero attached hydrogens (tertiary/aromatic N) is 3. The van der Waals surface area contributed by atoms with Gasteiger partial charge >= 0.3 is 0 Å². The third-order valence-corrected chi connectivity index (χ3v) is 4.60. The molecule has 0 aromatic heterocycles. The monoisotopic (exact) mass is 290 g/mol. The molecule has 2 aliphatic heterocycles. The topological polar surface area (TPSA) is 75.6 Å². The van der Waals surface area contributed by atoms with E-state index in [1.165, 1.54) is 38.4 Å². The van der Waals surface area contributed by atoms with Crippen molar-refractivity contribution in [1.82, 2.24) is 9.80 Å². The Kier molecular flexibility index (Phi) is 4.07. The maximum atomic E-state index is 10.8. The van der Waals surface area contributed by atoms with Crippen LogP contribution in [-0.4, -0.2) is 46.9 Å². The third kappa shape index (κ3) is 3.16. The van der Waals surface area contributed by atoms with E-state index in [4.69, 9.17) is 5.73 Å². The van der Waals surface area contributed by atoms with Gasteiger partial charge in [-0.15, -0.1) is 0 Å². The summed E-state index contributed by atoms with van der Waals surface area (Å²) in [6, 6.07) is 5.75. The normalized spacial score (nSPS) is 23.7. The van der Waals surface area contributed by atoms with Crippen molar-refractivity contribution < 1.29 is 4.92 Å². The van der Waals surface area contributed by atoms with Gasteiger partial charge in [0, 0.05) is 31.7 Å². The second kappa shape index (κ2) is 5.99. The van der Waals surface area contributed by atoms with Gasteiger partial charge in [-0.05, 0) is 44.0 Å². The van der Waals surface area contributed by atoms with Crippen LogP contribution in [0.25, 0.3) is 0 Å². The summed E-state index contributed by atoms with van der Waals surface area (Å²) >= 11 is 0. The van der Waals surface area contributed by atoms with Gasteiger partial charge in [0.2, 0.25) is 0 Å².